The maximum Gasteiger partial charge on any atom is 0.291 e. The van der Waals surface area contributed by atoms with Gasteiger partial charge in [0.15, 0.2) is 0 Å². The van der Waals surface area contributed by atoms with E-state index in [0.29, 0.717) is 12.6 Å². The lowest BCUT2D eigenvalue weighted by Crippen LogP contribution is -2.35. The van der Waals surface area contributed by atoms with Gasteiger partial charge in [-0.25, -0.2) is 4.98 Å². The van der Waals surface area contributed by atoms with Gasteiger partial charge in [0.05, 0.1) is 0 Å². The van der Waals surface area contributed by atoms with E-state index in [4.69, 9.17) is 0 Å². The highest BCUT2D eigenvalue weighted by Gasteiger charge is 2.13. The van der Waals surface area contributed by atoms with E-state index in [1.54, 1.807) is 0 Å². The van der Waals surface area contributed by atoms with Gasteiger partial charge in [-0.1, -0.05) is 27.7 Å². The highest BCUT2D eigenvalue weighted by atomic mass is 16.2. The number of nitrogens with one attached hydrogen (secondary N) is 3. The Kier molecular flexibility index (Phi) is 5.09. The first kappa shape index (κ1) is 13.6. The molecular formula is C11H21N5O. The minimum Gasteiger partial charge on any atom is -0.348 e. The molecule has 1 heterocycles. The van der Waals surface area contributed by atoms with Crippen LogP contribution in [0.4, 0.5) is 0 Å². The molecule has 6 nitrogen and oxygen atoms in total. The van der Waals surface area contributed by atoms with E-state index in [1.807, 2.05) is 13.8 Å². The second-order valence-corrected chi connectivity index (χ2v) is 4.56. The number of nitrogens with zero attached hydrogens (tertiary/aromatic N) is 2. The molecule has 6 heteroatoms. The van der Waals surface area contributed by atoms with Crippen LogP contribution < -0.4 is 10.6 Å². The number of aromatic amines is 1. The fraction of sp³-hybridized carbons (Fsp3) is 0.727. The Bertz CT molecular complexity index is 358. The third-order valence-electron chi connectivity index (χ3n) is 2.22. The van der Waals surface area contributed by atoms with Crippen LogP contribution in [0.1, 0.15) is 50.1 Å². The molecule has 0 aliphatic carbocycles. The molecular weight excluding hydrogens is 218 g/mol. The van der Waals surface area contributed by atoms with E-state index < -0.39 is 0 Å². The van der Waals surface area contributed by atoms with Crippen LogP contribution in [-0.2, 0) is 0 Å². The third kappa shape index (κ3) is 4.52. The number of H-pyrrole nitrogens is 1. The molecule has 0 fully saturated rings. The Morgan fingerprint density at radius 3 is 2.53 bits per heavy atom. The second-order valence-electron chi connectivity index (χ2n) is 4.56. The monoisotopic (exact) mass is 239 g/mol. The lowest BCUT2D eigenvalue weighted by atomic mass is 10.2. The van der Waals surface area contributed by atoms with Gasteiger partial charge in [0, 0.05) is 25.0 Å². The van der Waals surface area contributed by atoms with E-state index in [2.05, 4.69) is 39.7 Å². The average Bonchev–Trinajstić information content (AvgIpc) is 2.73. The van der Waals surface area contributed by atoms with Crippen LogP contribution >= 0.6 is 0 Å². The summed E-state index contributed by atoms with van der Waals surface area (Å²) in [5, 5.41) is 12.6. The molecule has 0 saturated carbocycles. The van der Waals surface area contributed by atoms with Crippen LogP contribution in [0, 0.1) is 0 Å². The number of amides is 1. The minimum absolute atomic E-state index is 0.207. The highest BCUT2D eigenvalue weighted by molar-refractivity contribution is 5.90. The standard InChI is InChI=1S/C11H21N5O/c1-7(2)9-14-10(16-15-9)11(17)13-6-5-12-8(3)4/h7-8,12H,5-6H2,1-4H3,(H,13,17)(H,14,15,16). The number of rotatable bonds is 6. The van der Waals surface area contributed by atoms with Crippen LogP contribution in [0.5, 0.6) is 0 Å². The van der Waals surface area contributed by atoms with E-state index in [9.17, 15) is 4.79 Å². The minimum atomic E-state index is -0.237. The van der Waals surface area contributed by atoms with Crippen molar-refractivity contribution in [2.45, 2.75) is 39.7 Å². The molecule has 0 bridgehead atoms. The Balaban J connectivity index is 2.36. The molecule has 1 aromatic rings. The van der Waals surface area contributed by atoms with Crippen molar-refractivity contribution in [2.75, 3.05) is 13.1 Å². The van der Waals surface area contributed by atoms with Gasteiger partial charge in [0.2, 0.25) is 5.82 Å². The van der Waals surface area contributed by atoms with Gasteiger partial charge in [-0.15, -0.1) is 5.10 Å². The Morgan fingerprint density at radius 2 is 2.00 bits per heavy atom. The van der Waals surface area contributed by atoms with Crippen molar-refractivity contribution in [1.29, 1.82) is 0 Å². The summed E-state index contributed by atoms with van der Waals surface area (Å²) >= 11 is 0. The zero-order valence-electron chi connectivity index (χ0n) is 10.9. The summed E-state index contributed by atoms with van der Waals surface area (Å²) in [4.78, 5) is 15.8. The number of carbonyl (C=O) groups is 1. The molecule has 0 aliphatic rings. The van der Waals surface area contributed by atoms with E-state index in [1.165, 1.54) is 0 Å². The highest BCUT2D eigenvalue weighted by Crippen LogP contribution is 2.07. The van der Waals surface area contributed by atoms with Gasteiger partial charge in [-0.2, -0.15) is 0 Å². The summed E-state index contributed by atoms with van der Waals surface area (Å²) < 4.78 is 0. The predicted molar refractivity (Wildman–Crippen MR) is 65.9 cm³/mol. The molecule has 0 atom stereocenters. The summed E-state index contributed by atoms with van der Waals surface area (Å²) in [7, 11) is 0. The predicted octanol–water partition coefficient (Wildman–Crippen LogP) is 0.656. The lowest BCUT2D eigenvalue weighted by Gasteiger charge is -2.07. The number of hydrogen-bond acceptors (Lipinski definition) is 4. The number of hydrogen-bond donors (Lipinski definition) is 3. The average molecular weight is 239 g/mol. The van der Waals surface area contributed by atoms with Crippen molar-refractivity contribution < 1.29 is 4.79 Å². The maximum absolute atomic E-state index is 11.6. The van der Waals surface area contributed by atoms with Crippen molar-refractivity contribution in [3.05, 3.63) is 11.6 Å². The summed E-state index contributed by atoms with van der Waals surface area (Å²) in [5.74, 6) is 0.944. The Hall–Kier alpha value is -1.43. The van der Waals surface area contributed by atoms with Crippen molar-refractivity contribution in [3.63, 3.8) is 0 Å². The third-order valence-corrected chi connectivity index (χ3v) is 2.22. The van der Waals surface area contributed by atoms with Gasteiger partial charge in [0.25, 0.3) is 5.91 Å². The van der Waals surface area contributed by atoms with Gasteiger partial charge in [-0.05, 0) is 0 Å². The van der Waals surface area contributed by atoms with Crippen molar-refractivity contribution in [3.8, 4) is 0 Å². The summed E-state index contributed by atoms with van der Waals surface area (Å²) in [6.07, 6.45) is 0. The molecule has 0 unspecified atom stereocenters. The molecule has 1 aromatic heterocycles. The Labute approximate surface area is 102 Å². The largest absolute Gasteiger partial charge is 0.348 e. The van der Waals surface area contributed by atoms with E-state index >= 15 is 0 Å². The molecule has 0 aliphatic heterocycles. The van der Waals surface area contributed by atoms with Crippen LogP contribution in [0.15, 0.2) is 0 Å². The first-order valence-electron chi connectivity index (χ1n) is 5.94. The fourth-order valence-corrected chi connectivity index (χ4v) is 1.25. The second kappa shape index (κ2) is 6.34. The van der Waals surface area contributed by atoms with Gasteiger partial charge < -0.3 is 10.6 Å². The summed E-state index contributed by atoms with van der Waals surface area (Å²) in [6.45, 7) is 9.43. The van der Waals surface area contributed by atoms with Crippen LogP contribution in [0.3, 0.4) is 0 Å². The summed E-state index contributed by atoms with van der Waals surface area (Å²) in [5.41, 5.74) is 0. The molecule has 1 amide bonds. The fourth-order valence-electron chi connectivity index (χ4n) is 1.25. The SMILES string of the molecule is CC(C)NCCNC(=O)c1n[nH]c(C(C)C)n1. The molecule has 0 saturated heterocycles. The zero-order chi connectivity index (χ0) is 12.8. The van der Waals surface area contributed by atoms with Crippen LogP contribution in [0.2, 0.25) is 0 Å². The van der Waals surface area contributed by atoms with E-state index in [-0.39, 0.29) is 17.6 Å². The lowest BCUT2D eigenvalue weighted by molar-refractivity contribution is 0.0943. The van der Waals surface area contributed by atoms with Gasteiger partial charge >= 0.3 is 0 Å². The number of aromatic nitrogens is 3. The van der Waals surface area contributed by atoms with Crippen molar-refractivity contribution >= 4 is 5.91 Å². The Morgan fingerprint density at radius 1 is 1.29 bits per heavy atom. The normalized spacial score (nSPS) is 11.2. The van der Waals surface area contributed by atoms with Crippen LogP contribution in [-0.4, -0.2) is 40.2 Å². The first-order valence-corrected chi connectivity index (χ1v) is 5.94. The van der Waals surface area contributed by atoms with Crippen molar-refractivity contribution in [1.82, 2.24) is 25.8 Å². The van der Waals surface area contributed by atoms with Gasteiger partial charge in [0.1, 0.15) is 5.82 Å². The topological polar surface area (TPSA) is 82.7 Å². The quantitative estimate of drug-likeness (QED) is 0.637. The molecule has 1 rings (SSSR count). The van der Waals surface area contributed by atoms with E-state index in [0.717, 1.165) is 12.4 Å². The molecule has 0 radical (unpaired) electrons. The molecule has 3 N–H and O–H groups in total. The zero-order valence-corrected chi connectivity index (χ0v) is 10.9. The molecule has 0 aromatic carbocycles. The molecule has 96 valence electrons. The maximum atomic E-state index is 11.6. The number of carbonyl (C=O) groups excluding carboxylic acids is 1. The smallest absolute Gasteiger partial charge is 0.291 e. The van der Waals surface area contributed by atoms with Crippen LogP contribution in [0.25, 0.3) is 0 Å². The molecule has 17 heavy (non-hydrogen) atoms. The van der Waals surface area contributed by atoms with Gasteiger partial charge in [-0.3, -0.25) is 9.89 Å². The first-order chi connectivity index (χ1) is 8.00. The molecule has 0 spiro atoms. The van der Waals surface area contributed by atoms with Crippen molar-refractivity contribution in [2.24, 2.45) is 0 Å². The summed E-state index contributed by atoms with van der Waals surface area (Å²) in [6, 6.07) is 0.419.